The van der Waals surface area contributed by atoms with E-state index in [-0.39, 0.29) is 11.5 Å². The van der Waals surface area contributed by atoms with E-state index in [9.17, 15) is 10.2 Å². The summed E-state index contributed by atoms with van der Waals surface area (Å²) >= 11 is 12.1. The lowest BCUT2D eigenvalue weighted by Gasteiger charge is -2.32. The Morgan fingerprint density at radius 3 is 1.19 bits per heavy atom. The fourth-order valence-electron chi connectivity index (χ4n) is 3.63. The molecule has 0 spiro atoms. The molecule has 0 aliphatic heterocycles. The summed E-state index contributed by atoms with van der Waals surface area (Å²) in [7, 11) is 0. The first kappa shape index (κ1) is 21.9. The summed E-state index contributed by atoms with van der Waals surface area (Å²) in [5.41, 5.74) is 3.00. The standard InChI is InChI=1S/C26H22Cl2N2O2/c27-17-9-13-19(14-10-17)29-25(21-5-1-3-7-23(21)31)26(22-6-2-4-8-24(22)32)30-20-15-11-18(28)12-16-20/h1-16,25-26,29-32H. The molecule has 4 rings (SSSR count). The van der Waals surface area contributed by atoms with E-state index < -0.39 is 12.1 Å². The zero-order valence-corrected chi connectivity index (χ0v) is 18.6. The van der Waals surface area contributed by atoms with Crippen molar-refractivity contribution in [3.8, 4) is 11.5 Å². The fourth-order valence-corrected chi connectivity index (χ4v) is 3.89. The number of rotatable bonds is 7. The van der Waals surface area contributed by atoms with Crippen LogP contribution in [0, 0.1) is 0 Å². The van der Waals surface area contributed by atoms with Gasteiger partial charge in [0.25, 0.3) is 0 Å². The maximum absolute atomic E-state index is 10.7. The fraction of sp³-hybridized carbons (Fsp3) is 0.0769. The molecule has 0 radical (unpaired) electrons. The van der Waals surface area contributed by atoms with Crippen molar-refractivity contribution >= 4 is 34.6 Å². The third-order valence-electron chi connectivity index (χ3n) is 5.21. The van der Waals surface area contributed by atoms with Crippen LogP contribution in [0.25, 0.3) is 0 Å². The van der Waals surface area contributed by atoms with Gasteiger partial charge < -0.3 is 20.8 Å². The number of anilines is 2. The second-order valence-corrected chi connectivity index (χ2v) is 8.25. The van der Waals surface area contributed by atoms with Crippen molar-refractivity contribution in [3.05, 3.63) is 118 Å². The van der Waals surface area contributed by atoms with Crippen molar-refractivity contribution < 1.29 is 10.2 Å². The van der Waals surface area contributed by atoms with E-state index in [0.717, 1.165) is 11.4 Å². The quantitative estimate of drug-likeness (QED) is 0.230. The maximum Gasteiger partial charge on any atom is 0.120 e. The summed E-state index contributed by atoms with van der Waals surface area (Å²) in [6.07, 6.45) is 0. The van der Waals surface area contributed by atoms with Crippen molar-refractivity contribution in [3.63, 3.8) is 0 Å². The molecular weight excluding hydrogens is 443 g/mol. The molecule has 4 aromatic carbocycles. The molecule has 6 heteroatoms. The first-order valence-corrected chi connectivity index (χ1v) is 10.9. The zero-order valence-electron chi connectivity index (χ0n) is 17.0. The molecule has 0 aliphatic rings. The Morgan fingerprint density at radius 2 is 0.844 bits per heavy atom. The Bertz CT molecular complexity index is 1090. The van der Waals surface area contributed by atoms with Crippen LogP contribution in [0.3, 0.4) is 0 Å². The molecule has 2 atom stereocenters. The first-order chi connectivity index (χ1) is 15.5. The Hall–Kier alpha value is -3.34. The highest BCUT2D eigenvalue weighted by Crippen LogP contribution is 2.41. The number of benzene rings is 4. The van der Waals surface area contributed by atoms with Gasteiger partial charge in [0, 0.05) is 32.5 Å². The van der Waals surface area contributed by atoms with E-state index in [1.165, 1.54) is 0 Å². The Balaban J connectivity index is 1.82. The normalized spacial score (nSPS) is 12.7. The van der Waals surface area contributed by atoms with Gasteiger partial charge in [0.2, 0.25) is 0 Å². The predicted octanol–water partition coefficient (Wildman–Crippen LogP) is 7.41. The molecule has 4 N–H and O–H groups in total. The highest BCUT2D eigenvalue weighted by Gasteiger charge is 2.29. The molecule has 162 valence electrons. The van der Waals surface area contributed by atoms with Gasteiger partial charge in [0.05, 0.1) is 12.1 Å². The van der Waals surface area contributed by atoms with Crippen LogP contribution in [0.2, 0.25) is 10.0 Å². The third-order valence-corrected chi connectivity index (χ3v) is 5.71. The molecule has 0 bridgehead atoms. The molecule has 0 aliphatic carbocycles. The molecule has 0 heterocycles. The van der Waals surface area contributed by atoms with Crippen LogP contribution in [-0.4, -0.2) is 10.2 Å². The van der Waals surface area contributed by atoms with E-state index in [4.69, 9.17) is 23.2 Å². The predicted molar refractivity (Wildman–Crippen MR) is 132 cm³/mol. The Morgan fingerprint density at radius 1 is 0.500 bits per heavy atom. The van der Waals surface area contributed by atoms with E-state index in [1.807, 2.05) is 48.5 Å². The van der Waals surface area contributed by atoms with E-state index in [1.54, 1.807) is 48.5 Å². The van der Waals surface area contributed by atoms with Crippen molar-refractivity contribution in [2.75, 3.05) is 10.6 Å². The van der Waals surface area contributed by atoms with Crippen LogP contribution in [-0.2, 0) is 0 Å². The number of phenolic OH excluding ortho intramolecular Hbond substituents is 2. The van der Waals surface area contributed by atoms with Crippen molar-refractivity contribution in [1.82, 2.24) is 0 Å². The molecule has 4 aromatic rings. The molecule has 32 heavy (non-hydrogen) atoms. The summed E-state index contributed by atoms with van der Waals surface area (Å²) < 4.78 is 0. The van der Waals surface area contributed by atoms with Crippen molar-refractivity contribution in [1.29, 1.82) is 0 Å². The van der Waals surface area contributed by atoms with Crippen LogP contribution in [0.15, 0.2) is 97.1 Å². The lowest BCUT2D eigenvalue weighted by Crippen LogP contribution is -2.26. The van der Waals surface area contributed by atoms with Crippen LogP contribution in [0.5, 0.6) is 11.5 Å². The number of halogens is 2. The van der Waals surface area contributed by atoms with Crippen LogP contribution >= 0.6 is 23.2 Å². The van der Waals surface area contributed by atoms with Gasteiger partial charge in [-0.1, -0.05) is 59.6 Å². The Kier molecular flexibility index (Phi) is 6.74. The number of hydrogen-bond donors (Lipinski definition) is 4. The topological polar surface area (TPSA) is 64.5 Å². The molecule has 4 nitrogen and oxygen atoms in total. The molecule has 0 saturated heterocycles. The summed E-state index contributed by atoms with van der Waals surface area (Å²) in [6.45, 7) is 0. The SMILES string of the molecule is Oc1ccccc1C(Nc1ccc(Cl)cc1)C(Nc1ccc(Cl)cc1)c1ccccc1O. The lowest BCUT2D eigenvalue weighted by molar-refractivity contribution is 0.447. The van der Waals surface area contributed by atoms with Gasteiger partial charge in [0.1, 0.15) is 11.5 Å². The van der Waals surface area contributed by atoms with E-state index in [2.05, 4.69) is 10.6 Å². The van der Waals surface area contributed by atoms with Gasteiger partial charge in [-0.15, -0.1) is 0 Å². The van der Waals surface area contributed by atoms with Crippen molar-refractivity contribution in [2.45, 2.75) is 12.1 Å². The minimum absolute atomic E-state index is 0.150. The van der Waals surface area contributed by atoms with Crippen LogP contribution < -0.4 is 10.6 Å². The van der Waals surface area contributed by atoms with Gasteiger partial charge in [-0.25, -0.2) is 0 Å². The molecule has 0 saturated carbocycles. The average Bonchev–Trinajstić information content (AvgIpc) is 2.80. The van der Waals surface area contributed by atoms with Gasteiger partial charge in [-0.2, -0.15) is 0 Å². The number of nitrogens with one attached hydrogen (secondary N) is 2. The minimum Gasteiger partial charge on any atom is -0.508 e. The van der Waals surface area contributed by atoms with Gasteiger partial charge in [0.15, 0.2) is 0 Å². The average molecular weight is 465 g/mol. The molecule has 0 aromatic heterocycles. The number of aromatic hydroxyl groups is 2. The Labute approximate surface area is 197 Å². The third kappa shape index (κ3) is 5.10. The highest BCUT2D eigenvalue weighted by atomic mass is 35.5. The van der Waals surface area contributed by atoms with E-state index in [0.29, 0.717) is 21.2 Å². The number of hydrogen-bond acceptors (Lipinski definition) is 4. The van der Waals surface area contributed by atoms with Crippen molar-refractivity contribution in [2.24, 2.45) is 0 Å². The second-order valence-electron chi connectivity index (χ2n) is 7.38. The largest absolute Gasteiger partial charge is 0.508 e. The summed E-state index contributed by atoms with van der Waals surface area (Å²) in [4.78, 5) is 0. The smallest absolute Gasteiger partial charge is 0.120 e. The van der Waals surface area contributed by atoms with Crippen LogP contribution in [0.4, 0.5) is 11.4 Å². The maximum atomic E-state index is 10.7. The minimum atomic E-state index is -0.443. The van der Waals surface area contributed by atoms with E-state index >= 15 is 0 Å². The lowest BCUT2D eigenvalue weighted by atomic mass is 9.91. The molecule has 2 unspecified atom stereocenters. The van der Waals surface area contributed by atoms with Gasteiger partial charge in [-0.05, 0) is 60.7 Å². The summed E-state index contributed by atoms with van der Waals surface area (Å²) in [5, 5.41) is 29.7. The summed E-state index contributed by atoms with van der Waals surface area (Å²) in [6, 6.07) is 28.1. The summed E-state index contributed by atoms with van der Waals surface area (Å²) in [5.74, 6) is 0.301. The molecular formula is C26H22Cl2N2O2. The number of phenols is 2. The van der Waals surface area contributed by atoms with Crippen LogP contribution in [0.1, 0.15) is 23.2 Å². The highest BCUT2D eigenvalue weighted by molar-refractivity contribution is 6.30. The molecule has 0 amide bonds. The zero-order chi connectivity index (χ0) is 22.5. The monoisotopic (exact) mass is 464 g/mol. The first-order valence-electron chi connectivity index (χ1n) is 10.1. The second kappa shape index (κ2) is 9.86. The number of para-hydroxylation sites is 2. The molecule has 0 fully saturated rings. The van der Waals surface area contributed by atoms with Gasteiger partial charge in [-0.3, -0.25) is 0 Å². The van der Waals surface area contributed by atoms with Gasteiger partial charge >= 0.3 is 0 Å².